The van der Waals surface area contributed by atoms with Gasteiger partial charge in [0.05, 0.1) is 12.8 Å². The van der Waals surface area contributed by atoms with Crippen molar-refractivity contribution in [3.05, 3.63) is 54.1 Å². The van der Waals surface area contributed by atoms with Gasteiger partial charge in [0.15, 0.2) is 0 Å². The number of carbonyl (C=O) groups is 3. The Kier molecular flexibility index (Phi) is 5.71. The Bertz CT molecular complexity index is 852. The molecule has 1 fully saturated rings. The highest BCUT2D eigenvalue weighted by atomic mass is 16.5. The maximum absolute atomic E-state index is 12.1. The standard InChI is InChI=1S/C20H21N3O4/c1-27-17-12-15(9-10-16(17)23-11-5-8-18(23)24)22-20(26)19(25)21-13-14-6-3-2-4-7-14/h2-4,6-7,9-10,12H,5,8,11,13H2,1H3,(H,21,25)(H,22,26). The second kappa shape index (κ2) is 8.35. The van der Waals surface area contributed by atoms with Gasteiger partial charge < -0.3 is 20.3 Å². The van der Waals surface area contributed by atoms with Crippen molar-refractivity contribution in [2.24, 2.45) is 0 Å². The highest BCUT2D eigenvalue weighted by Crippen LogP contribution is 2.33. The van der Waals surface area contributed by atoms with Gasteiger partial charge in [-0.2, -0.15) is 0 Å². The average Bonchev–Trinajstić information content (AvgIpc) is 3.12. The number of ether oxygens (including phenoxy) is 1. The lowest BCUT2D eigenvalue weighted by Crippen LogP contribution is -2.35. The van der Waals surface area contributed by atoms with Crippen molar-refractivity contribution < 1.29 is 19.1 Å². The number of anilines is 2. The summed E-state index contributed by atoms with van der Waals surface area (Å²) in [5.41, 5.74) is 1.98. The summed E-state index contributed by atoms with van der Waals surface area (Å²) in [6, 6.07) is 14.3. The summed E-state index contributed by atoms with van der Waals surface area (Å²) in [6.07, 6.45) is 1.32. The van der Waals surface area contributed by atoms with Crippen LogP contribution in [0, 0.1) is 0 Å². The quantitative estimate of drug-likeness (QED) is 0.792. The minimum atomic E-state index is -0.766. The number of amides is 3. The molecule has 0 aromatic heterocycles. The molecule has 0 atom stereocenters. The van der Waals surface area contributed by atoms with Gasteiger partial charge in [0.1, 0.15) is 5.75 Å². The molecule has 2 N–H and O–H groups in total. The van der Waals surface area contributed by atoms with Gasteiger partial charge in [0, 0.05) is 31.3 Å². The maximum Gasteiger partial charge on any atom is 0.313 e. The van der Waals surface area contributed by atoms with Crippen molar-refractivity contribution in [2.75, 3.05) is 23.9 Å². The van der Waals surface area contributed by atoms with E-state index in [-0.39, 0.29) is 12.5 Å². The minimum absolute atomic E-state index is 0.0466. The lowest BCUT2D eigenvalue weighted by molar-refractivity contribution is -0.136. The number of hydrogen-bond donors (Lipinski definition) is 2. The van der Waals surface area contributed by atoms with E-state index in [0.29, 0.717) is 30.1 Å². The number of hydrogen-bond acceptors (Lipinski definition) is 4. The molecule has 1 aliphatic heterocycles. The molecule has 1 aliphatic rings. The van der Waals surface area contributed by atoms with Crippen LogP contribution in [0.3, 0.4) is 0 Å². The second-order valence-electron chi connectivity index (χ2n) is 6.16. The van der Waals surface area contributed by atoms with Crippen LogP contribution < -0.4 is 20.3 Å². The average molecular weight is 367 g/mol. The molecule has 140 valence electrons. The number of benzene rings is 2. The zero-order valence-corrected chi connectivity index (χ0v) is 15.0. The predicted molar refractivity (Wildman–Crippen MR) is 101 cm³/mol. The summed E-state index contributed by atoms with van der Waals surface area (Å²) in [5.74, 6) is -0.979. The van der Waals surface area contributed by atoms with Crippen LogP contribution in [0.25, 0.3) is 0 Å². The van der Waals surface area contributed by atoms with E-state index in [0.717, 1.165) is 12.0 Å². The summed E-state index contributed by atoms with van der Waals surface area (Å²) < 4.78 is 5.35. The molecule has 3 amide bonds. The first-order valence-corrected chi connectivity index (χ1v) is 8.70. The Morgan fingerprint density at radius 1 is 1.11 bits per heavy atom. The van der Waals surface area contributed by atoms with Crippen molar-refractivity contribution in [1.29, 1.82) is 0 Å². The monoisotopic (exact) mass is 367 g/mol. The van der Waals surface area contributed by atoms with Gasteiger partial charge in [-0.3, -0.25) is 14.4 Å². The molecule has 1 heterocycles. The number of rotatable bonds is 5. The van der Waals surface area contributed by atoms with Crippen LogP contribution >= 0.6 is 0 Å². The molecule has 27 heavy (non-hydrogen) atoms. The molecule has 1 saturated heterocycles. The Morgan fingerprint density at radius 2 is 1.89 bits per heavy atom. The van der Waals surface area contributed by atoms with Crippen LogP contribution in [0.2, 0.25) is 0 Å². The first-order chi connectivity index (χ1) is 13.1. The third kappa shape index (κ3) is 4.44. The fourth-order valence-corrected chi connectivity index (χ4v) is 2.93. The normalized spacial score (nSPS) is 13.4. The van der Waals surface area contributed by atoms with Crippen LogP contribution in [-0.4, -0.2) is 31.4 Å². The van der Waals surface area contributed by atoms with Crippen LogP contribution in [0.5, 0.6) is 5.75 Å². The molecule has 2 aromatic carbocycles. The van der Waals surface area contributed by atoms with Gasteiger partial charge in [-0.25, -0.2) is 0 Å². The topological polar surface area (TPSA) is 87.7 Å². The number of nitrogens with zero attached hydrogens (tertiary/aromatic N) is 1. The van der Waals surface area contributed by atoms with Gasteiger partial charge in [0.2, 0.25) is 5.91 Å². The highest BCUT2D eigenvalue weighted by Gasteiger charge is 2.24. The van der Waals surface area contributed by atoms with Crippen molar-refractivity contribution in [1.82, 2.24) is 5.32 Å². The fourth-order valence-electron chi connectivity index (χ4n) is 2.93. The van der Waals surface area contributed by atoms with Crippen LogP contribution in [0.4, 0.5) is 11.4 Å². The van der Waals surface area contributed by atoms with Gasteiger partial charge in [0.25, 0.3) is 0 Å². The molecular formula is C20H21N3O4. The van der Waals surface area contributed by atoms with Gasteiger partial charge in [-0.05, 0) is 24.1 Å². The molecule has 0 aliphatic carbocycles. The number of nitrogens with one attached hydrogen (secondary N) is 2. The third-order valence-corrected chi connectivity index (χ3v) is 4.30. The van der Waals surface area contributed by atoms with E-state index in [4.69, 9.17) is 4.74 Å². The predicted octanol–water partition coefficient (Wildman–Crippen LogP) is 2.08. The summed E-state index contributed by atoms with van der Waals surface area (Å²) in [7, 11) is 1.50. The molecule has 0 bridgehead atoms. The van der Waals surface area contributed by atoms with Gasteiger partial charge in [-0.15, -0.1) is 0 Å². The maximum atomic E-state index is 12.1. The van der Waals surface area contributed by atoms with Gasteiger partial charge in [-0.1, -0.05) is 30.3 Å². The van der Waals surface area contributed by atoms with Crippen molar-refractivity contribution in [3.63, 3.8) is 0 Å². The Morgan fingerprint density at radius 3 is 2.56 bits per heavy atom. The Balaban J connectivity index is 1.63. The van der Waals surface area contributed by atoms with Gasteiger partial charge >= 0.3 is 11.8 Å². The van der Waals surface area contributed by atoms with Crippen LogP contribution in [0.1, 0.15) is 18.4 Å². The van der Waals surface area contributed by atoms with E-state index in [1.807, 2.05) is 30.3 Å². The smallest absolute Gasteiger partial charge is 0.313 e. The van der Waals surface area contributed by atoms with Crippen LogP contribution in [0.15, 0.2) is 48.5 Å². The van der Waals surface area contributed by atoms with E-state index in [1.54, 1.807) is 23.1 Å². The molecule has 7 nitrogen and oxygen atoms in total. The minimum Gasteiger partial charge on any atom is -0.494 e. The molecular weight excluding hydrogens is 346 g/mol. The summed E-state index contributed by atoms with van der Waals surface area (Å²) in [5, 5.41) is 5.12. The summed E-state index contributed by atoms with van der Waals surface area (Å²) in [6.45, 7) is 0.912. The zero-order chi connectivity index (χ0) is 19.2. The Labute approximate surface area is 157 Å². The molecule has 0 unspecified atom stereocenters. The van der Waals surface area contributed by atoms with E-state index < -0.39 is 11.8 Å². The third-order valence-electron chi connectivity index (χ3n) is 4.30. The second-order valence-corrected chi connectivity index (χ2v) is 6.16. The van der Waals surface area contributed by atoms with Crippen molar-refractivity contribution in [2.45, 2.75) is 19.4 Å². The molecule has 0 radical (unpaired) electrons. The molecule has 0 spiro atoms. The van der Waals surface area contributed by atoms with Crippen molar-refractivity contribution >= 4 is 29.1 Å². The fraction of sp³-hybridized carbons (Fsp3) is 0.250. The Hall–Kier alpha value is -3.35. The van der Waals surface area contributed by atoms with E-state index >= 15 is 0 Å². The first-order valence-electron chi connectivity index (χ1n) is 8.70. The molecule has 2 aromatic rings. The highest BCUT2D eigenvalue weighted by molar-refractivity contribution is 6.39. The summed E-state index contributed by atoms with van der Waals surface area (Å²) >= 11 is 0. The molecule has 3 rings (SSSR count). The summed E-state index contributed by atoms with van der Waals surface area (Å²) in [4.78, 5) is 37.7. The van der Waals surface area contributed by atoms with Crippen LogP contribution in [-0.2, 0) is 20.9 Å². The SMILES string of the molecule is COc1cc(NC(=O)C(=O)NCc2ccccc2)ccc1N1CCCC1=O. The molecule has 7 heteroatoms. The van der Waals surface area contributed by atoms with E-state index in [1.165, 1.54) is 7.11 Å². The lowest BCUT2D eigenvalue weighted by Gasteiger charge is -2.19. The van der Waals surface area contributed by atoms with E-state index in [2.05, 4.69) is 10.6 Å². The van der Waals surface area contributed by atoms with E-state index in [9.17, 15) is 14.4 Å². The zero-order valence-electron chi connectivity index (χ0n) is 15.0. The van der Waals surface area contributed by atoms with Crippen molar-refractivity contribution in [3.8, 4) is 5.75 Å². The molecule has 0 saturated carbocycles. The first kappa shape index (κ1) is 18.4. The number of carbonyl (C=O) groups excluding carboxylic acids is 3. The largest absolute Gasteiger partial charge is 0.494 e. The lowest BCUT2D eigenvalue weighted by atomic mass is 10.2. The number of methoxy groups -OCH3 is 1.